The molecule has 0 bridgehead atoms. The molecule has 154 valence electrons. The van der Waals surface area contributed by atoms with Crippen LogP contribution in [-0.2, 0) is 4.74 Å². The van der Waals surface area contributed by atoms with Crippen molar-refractivity contribution in [2.75, 3.05) is 40.9 Å². The van der Waals surface area contributed by atoms with Gasteiger partial charge < -0.3 is 19.3 Å². The molecule has 1 aromatic rings. The molecule has 1 amide bonds. The van der Waals surface area contributed by atoms with Crippen LogP contribution in [0.3, 0.4) is 0 Å². The Morgan fingerprint density at radius 3 is 2.64 bits per heavy atom. The van der Waals surface area contributed by atoms with Gasteiger partial charge >= 0.3 is 0 Å². The van der Waals surface area contributed by atoms with Crippen LogP contribution in [-0.4, -0.2) is 73.7 Å². The number of fused-ring (bicyclic) bond motifs is 1. The van der Waals surface area contributed by atoms with Gasteiger partial charge in [0.2, 0.25) is 5.88 Å². The molecule has 6 nitrogen and oxygen atoms in total. The molecule has 2 saturated carbocycles. The summed E-state index contributed by atoms with van der Waals surface area (Å²) in [5.74, 6) is 0.969. The third-order valence-electron chi connectivity index (χ3n) is 6.55. The van der Waals surface area contributed by atoms with Gasteiger partial charge in [0.05, 0.1) is 25.0 Å². The first-order valence-electron chi connectivity index (χ1n) is 10.2. The zero-order valence-corrected chi connectivity index (χ0v) is 16.9. The van der Waals surface area contributed by atoms with E-state index < -0.39 is 5.82 Å². The predicted molar refractivity (Wildman–Crippen MR) is 103 cm³/mol. The van der Waals surface area contributed by atoms with Crippen LogP contribution in [0.5, 0.6) is 5.88 Å². The van der Waals surface area contributed by atoms with Gasteiger partial charge in [-0.25, -0.2) is 9.37 Å². The van der Waals surface area contributed by atoms with Crippen molar-refractivity contribution in [2.45, 2.75) is 37.8 Å². The third-order valence-corrected chi connectivity index (χ3v) is 6.55. The average molecular weight is 391 g/mol. The van der Waals surface area contributed by atoms with E-state index in [9.17, 15) is 9.18 Å². The molecule has 0 spiro atoms. The van der Waals surface area contributed by atoms with Crippen LogP contribution in [0.4, 0.5) is 4.39 Å². The lowest BCUT2D eigenvalue weighted by atomic mass is 9.77. The second-order valence-electron chi connectivity index (χ2n) is 8.75. The summed E-state index contributed by atoms with van der Waals surface area (Å²) in [6.07, 6.45) is 5.82. The van der Waals surface area contributed by atoms with E-state index in [0.29, 0.717) is 31.0 Å². The maximum Gasteiger partial charge on any atom is 0.257 e. The Morgan fingerprint density at radius 1 is 1.29 bits per heavy atom. The Kier molecular flexibility index (Phi) is 5.56. The number of carbonyl (C=O) groups is 1. The molecule has 3 fully saturated rings. The first-order valence-corrected chi connectivity index (χ1v) is 10.2. The molecular weight excluding hydrogens is 361 g/mol. The summed E-state index contributed by atoms with van der Waals surface area (Å²) in [5.41, 5.74) is 0.0381. The molecule has 2 aliphatic carbocycles. The van der Waals surface area contributed by atoms with E-state index in [2.05, 4.69) is 24.0 Å². The smallest absolute Gasteiger partial charge is 0.257 e. The van der Waals surface area contributed by atoms with E-state index in [1.807, 2.05) is 0 Å². The molecule has 7 heteroatoms. The summed E-state index contributed by atoms with van der Waals surface area (Å²) in [6.45, 7) is 2.20. The number of pyridine rings is 1. The van der Waals surface area contributed by atoms with Gasteiger partial charge in [-0.2, -0.15) is 0 Å². The largest absolute Gasteiger partial charge is 0.481 e. The summed E-state index contributed by atoms with van der Waals surface area (Å²) in [4.78, 5) is 20.8. The van der Waals surface area contributed by atoms with E-state index in [1.165, 1.54) is 26.0 Å². The monoisotopic (exact) mass is 391 g/mol. The lowest BCUT2D eigenvalue weighted by Crippen LogP contribution is -2.48. The molecule has 0 radical (unpaired) electrons. The van der Waals surface area contributed by atoms with Crippen LogP contribution in [0.2, 0.25) is 0 Å². The molecule has 0 unspecified atom stereocenters. The first-order chi connectivity index (χ1) is 13.5. The highest BCUT2D eigenvalue weighted by Crippen LogP contribution is 2.40. The van der Waals surface area contributed by atoms with Crippen molar-refractivity contribution < 1.29 is 18.7 Å². The maximum atomic E-state index is 14.2. The van der Waals surface area contributed by atoms with Gasteiger partial charge in [-0.05, 0) is 57.5 Å². The lowest BCUT2D eigenvalue weighted by Gasteiger charge is -2.41. The molecule has 2 heterocycles. The van der Waals surface area contributed by atoms with Crippen molar-refractivity contribution in [1.82, 2.24) is 14.8 Å². The highest BCUT2D eigenvalue weighted by Gasteiger charge is 2.45. The van der Waals surface area contributed by atoms with Gasteiger partial charge in [0, 0.05) is 31.8 Å². The van der Waals surface area contributed by atoms with Crippen LogP contribution in [0.15, 0.2) is 12.3 Å². The minimum Gasteiger partial charge on any atom is -0.481 e. The molecule has 0 N–H and O–H groups in total. The zero-order chi connectivity index (χ0) is 19.8. The summed E-state index contributed by atoms with van der Waals surface area (Å²) in [5, 5.41) is 0. The van der Waals surface area contributed by atoms with Crippen LogP contribution in [0, 0.1) is 23.6 Å². The van der Waals surface area contributed by atoms with Crippen LogP contribution < -0.4 is 4.74 Å². The number of ether oxygens (including phenoxy) is 2. The van der Waals surface area contributed by atoms with Crippen LogP contribution >= 0.6 is 0 Å². The van der Waals surface area contributed by atoms with Gasteiger partial charge in [-0.1, -0.05) is 0 Å². The number of hydrogen-bond donors (Lipinski definition) is 0. The van der Waals surface area contributed by atoms with Gasteiger partial charge in [0.25, 0.3) is 5.91 Å². The lowest BCUT2D eigenvalue weighted by molar-refractivity contribution is -0.0493. The number of halogens is 1. The van der Waals surface area contributed by atoms with E-state index in [1.54, 1.807) is 4.90 Å². The highest BCUT2D eigenvalue weighted by atomic mass is 19.1. The topological polar surface area (TPSA) is 54.9 Å². The predicted octanol–water partition coefficient (Wildman–Crippen LogP) is 2.44. The quantitative estimate of drug-likeness (QED) is 0.746. The number of hydrogen-bond acceptors (Lipinski definition) is 5. The van der Waals surface area contributed by atoms with Gasteiger partial charge in [0.15, 0.2) is 5.82 Å². The summed E-state index contributed by atoms with van der Waals surface area (Å²) in [6, 6.07) is 1.76. The van der Waals surface area contributed by atoms with Crippen molar-refractivity contribution in [1.29, 1.82) is 0 Å². The van der Waals surface area contributed by atoms with E-state index in [4.69, 9.17) is 9.47 Å². The SMILES string of the molecule is COc1cc(C(=O)N2C[C@H]3C[C@@H](N(C)C)[C@H](OCC4CC4)C[C@H]3C2)c(F)cn1. The number of likely N-dealkylation sites (tertiary alicyclic amines) is 1. The normalized spacial score (nSPS) is 29.8. The van der Waals surface area contributed by atoms with Crippen molar-refractivity contribution in [2.24, 2.45) is 17.8 Å². The molecule has 3 aliphatic rings. The second kappa shape index (κ2) is 7.95. The zero-order valence-electron chi connectivity index (χ0n) is 16.9. The summed E-state index contributed by atoms with van der Waals surface area (Å²) in [7, 11) is 5.67. The highest BCUT2D eigenvalue weighted by molar-refractivity contribution is 5.94. The fourth-order valence-corrected chi connectivity index (χ4v) is 4.69. The van der Waals surface area contributed by atoms with Crippen molar-refractivity contribution in [3.8, 4) is 5.88 Å². The number of amides is 1. The Morgan fingerprint density at radius 2 is 2.00 bits per heavy atom. The van der Waals surface area contributed by atoms with Crippen molar-refractivity contribution >= 4 is 5.91 Å². The Labute approximate surface area is 166 Å². The molecule has 0 aromatic carbocycles. The fraction of sp³-hybridized carbons (Fsp3) is 0.714. The average Bonchev–Trinajstić information content (AvgIpc) is 3.42. The molecule has 4 atom stereocenters. The molecule has 28 heavy (non-hydrogen) atoms. The van der Waals surface area contributed by atoms with Crippen molar-refractivity contribution in [3.05, 3.63) is 23.6 Å². The van der Waals surface area contributed by atoms with Crippen LogP contribution in [0.1, 0.15) is 36.0 Å². The number of nitrogens with zero attached hydrogens (tertiary/aromatic N) is 3. The summed E-state index contributed by atoms with van der Waals surface area (Å²) >= 11 is 0. The minimum atomic E-state index is -0.600. The number of rotatable bonds is 6. The summed E-state index contributed by atoms with van der Waals surface area (Å²) < 4.78 is 25.5. The molecular formula is C21H30FN3O3. The Hall–Kier alpha value is -1.73. The Balaban J connectivity index is 1.45. The number of carbonyl (C=O) groups excluding carboxylic acids is 1. The fourth-order valence-electron chi connectivity index (χ4n) is 4.69. The van der Waals surface area contributed by atoms with Gasteiger partial charge in [0.1, 0.15) is 0 Å². The van der Waals surface area contributed by atoms with Gasteiger partial charge in [-0.15, -0.1) is 0 Å². The first kappa shape index (κ1) is 19.6. The molecule has 1 aliphatic heterocycles. The van der Waals surface area contributed by atoms with Crippen LogP contribution in [0.25, 0.3) is 0 Å². The van der Waals surface area contributed by atoms with E-state index in [-0.39, 0.29) is 23.5 Å². The number of methoxy groups -OCH3 is 1. The molecule has 1 saturated heterocycles. The molecule has 1 aromatic heterocycles. The van der Waals surface area contributed by atoms with E-state index >= 15 is 0 Å². The standard InChI is InChI=1S/C21H30FN3O3/c1-24(2)18-6-14-10-25(11-15(14)7-19(18)28-12-13-4-5-13)21(26)16-8-20(27-3)23-9-17(16)22/h8-9,13-15,18-19H,4-7,10-12H2,1-3H3/t14-,15+,18-,19-/m1/s1. The number of likely N-dealkylation sites (N-methyl/N-ethyl adjacent to an activating group) is 1. The van der Waals surface area contributed by atoms with Crippen molar-refractivity contribution in [3.63, 3.8) is 0 Å². The van der Waals surface area contributed by atoms with Gasteiger partial charge in [-0.3, -0.25) is 4.79 Å². The molecule has 4 rings (SSSR count). The maximum absolute atomic E-state index is 14.2. The number of aromatic nitrogens is 1. The second-order valence-corrected chi connectivity index (χ2v) is 8.75. The Bertz CT molecular complexity index is 725. The third kappa shape index (κ3) is 4.01. The van der Waals surface area contributed by atoms with E-state index in [0.717, 1.165) is 31.6 Å². The minimum absolute atomic E-state index is 0.0381.